The zero-order valence-corrected chi connectivity index (χ0v) is 9.97. The van der Waals surface area contributed by atoms with Gasteiger partial charge in [-0.15, -0.1) is 0 Å². The zero-order valence-electron chi connectivity index (χ0n) is 9.97. The molecule has 0 saturated carbocycles. The molecule has 0 aromatic carbocycles. The summed E-state index contributed by atoms with van der Waals surface area (Å²) in [5.74, 6) is -0.218. The lowest BCUT2D eigenvalue weighted by molar-refractivity contribution is -0.111. The van der Waals surface area contributed by atoms with E-state index in [0.717, 1.165) is 0 Å². The van der Waals surface area contributed by atoms with E-state index in [4.69, 9.17) is 4.74 Å². The molecule has 1 amide bonds. The van der Waals surface area contributed by atoms with Crippen molar-refractivity contribution in [2.24, 2.45) is 0 Å². The van der Waals surface area contributed by atoms with Gasteiger partial charge in [0.05, 0.1) is 12.3 Å². The number of nitrogens with one attached hydrogen (secondary N) is 1. The van der Waals surface area contributed by atoms with Gasteiger partial charge in [-0.1, -0.05) is 6.08 Å². The van der Waals surface area contributed by atoms with Gasteiger partial charge in [0, 0.05) is 25.9 Å². The fraction of sp³-hybridized carbons (Fsp3) is 0.333. The average Bonchev–Trinajstić information content (AvgIpc) is 2.30. The third-order valence-electron chi connectivity index (χ3n) is 2.11. The van der Waals surface area contributed by atoms with Crippen molar-refractivity contribution in [2.45, 2.75) is 13.5 Å². The van der Waals surface area contributed by atoms with Gasteiger partial charge in [-0.25, -0.2) is 0 Å². The van der Waals surface area contributed by atoms with Crippen LogP contribution in [0.1, 0.15) is 6.92 Å². The molecule has 0 aliphatic heterocycles. The number of carbonyl (C=O) groups excluding carboxylic acids is 1. The van der Waals surface area contributed by atoms with Gasteiger partial charge in [-0.05, 0) is 19.1 Å². The van der Waals surface area contributed by atoms with E-state index >= 15 is 0 Å². The Kier molecular flexibility index (Phi) is 5.16. The predicted molar refractivity (Wildman–Crippen MR) is 66.0 cm³/mol. The molecular formula is C12H16N2O3. The molecule has 0 unspecified atom stereocenters. The first-order chi connectivity index (χ1) is 8.17. The lowest BCUT2D eigenvalue weighted by Crippen LogP contribution is -2.22. The number of ether oxygens (including phenoxy) is 1. The van der Waals surface area contributed by atoms with Crippen LogP contribution < -0.4 is 10.9 Å². The maximum absolute atomic E-state index is 11.5. The van der Waals surface area contributed by atoms with Crippen LogP contribution in [0.15, 0.2) is 35.3 Å². The molecule has 0 fully saturated rings. The molecule has 1 N–H and O–H groups in total. The summed E-state index contributed by atoms with van der Waals surface area (Å²) in [6.07, 6.45) is 4.67. The van der Waals surface area contributed by atoms with E-state index in [9.17, 15) is 9.59 Å². The van der Waals surface area contributed by atoms with Crippen molar-refractivity contribution in [1.82, 2.24) is 4.57 Å². The van der Waals surface area contributed by atoms with Gasteiger partial charge >= 0.3 is 0 Å². The average molecular weight is 236 g/mol. The number of carbonyl (C=O) groups is 1. The molecule has 0 atom stereocenters. The van der Waals surface area contributed by atoms with Gasteiger partial charge in [0.15, 0.2) is 0 Å². The number of anilines is 1. The normalized spacial score (nSPS) is 10.7. The van der Waals surface area contributed by atoms with Crippen molar-refractivity contribution in [1.29, 1.82) is 0 Å². The number of aromatic nitrogens is 1. The van der Waals surface area contributed by atoms with E-state index in [1.807, 2.05) is 0 Å². The van der Waals surface area contributed by atoms with Crippen molar-refractivity contribution in [3.63, 3.8) is 0 Å². The summed E-state index contributed by atoms with van der Waals surface area (Å²) >= 11 is 0. The van der Waals surface area contributed by atoms with Crippen LogP contribution >= 0.6 is 0 Å². The van der Waals surface area contributed by atoms with Gasteiger partial charge in [-0.3, -0.25) is 9.59 Å². The summed E-state index contributed by atoms with van der Waals surface area (Å²) in [4.78, 5) is 22.8. The standard InChI is InChI=1S/C12H16N2O3/c1-3-4-11(15)13-10-5-6-12(16)14(9-10)7-8-17-2/h3-6,9H,7-8H2,1-2H3,(H,13,15). The number of methoxy groups -OCH3 is 1. The number of pyridine rings is 1. The fourth-order valence-electron chi connectivity index (χ4n) is 1.30. The molecule has 0 aliphatic rings. The smallest absolute Gasteiger partial charge is 0.250 e. The van der Waals surface area contributed by atoms with Gasteiger partial charge in [-0.2, -0.15) is 0 Å². The lowest BCUT2D eigenvalue weighted by Gasteiger charge is -2.07. The molecule has 17 heavy (non-hydrogen) atoms. The van der Waals surface area contributed by atoms with Crippen LogP contribution in [0, 0.1) is 0 Å². The van der Waals surface area contributed by atoms with Gasteiger partial charge in [0.1, 0.15) is 0 Å². The quantitative estimate of drug-likeness (QED) is 0.776. The first-order valence-corrected chi connectivity index (χ1v) is 5.30. The first-order valence-electron chi connectivity index (χ1n) is 5.30. The first kappa shape index (κ1) is 13.2. The number of amides is 1. The number of rotatable bonds is 5. The van der Waals surface area contributed by atoms with Gasteiger partial charge in [0.25, 0.3) is 5.56 Å². The zero-order chi connectivity index (χ0) is 12.7. The SMILES string of the molecule is CC=CC(=O)Nc1ccc(=O)n(CCOC)c1. The molecule has 1 aromatic heterocycles. The van der Waals surface area contributed by atoms with Crippen LogP contribution in [-0.2, 0) is 16.1 Å². The highest BCUT2D eigenvalue weighted by Crippen LogP contribution is 2.03. The summed E-state index contributed by atoms with van der Waals surface area (Å²) in [7, 11) is 1.57. The Morgan fingerprint density at radius 3 is 2.94 bits per heavy atom. The summed E-state index contributed by atoms with van der Waals surface area (Å²) in [6, 6.07) is 2.99. The highest BCUT2D eigenvalue weighted by molar-refractivity contribution is 5.99. The summed E-state index contributed by atoms with van der Waals surface area (Å²) in [6.45, 7) is 2.67. The molecule has 0 spiro atoms. The Labute approximate surface area is 99.7 Å². The highest BCUT2D eigenvalue weighted by Gasteiger charge is 2.00. The molecule has 0 radical (unpaired) electrons. The summed E-state index contributed by atoms with van der Waals surface area (Å²) < 4.78 is 6.40. The minimum Gasteiger partial charge on any atom is -0.383 e. The molecular weight excluding hydrogens is 220 g/mol. The second kappa shape index (κ2) is 6.65. The molecule has 5 nitrogen and oxygen atoms in total. The highest BCUT2D eigenvalue weighted by atomic mass is 16.5. The second-order valence-corrected chi connectivity index (χ2v) is 3.43. The Morgan fingerprint density at radius 2 is 2.29 bits per heavy atom. The van der Waals surface area contributed by atoms with Crippen LogP contribution in [-0.4, -0.2) is 24.2 Å². The molecule has 1 aromatic rings. The van der Waals surface area contributed by atoms with Crippen LogP contribution in [0.2, 0.25) is 0 Å². The van der Waals surface area contributed by atoms with E-state index in [1.165, 1.54) is 16.7 Å². The molecule has 0 bridgehead atoms. The maximum atomic E-state index is 11.5. The molecule has 5 heteroatoms. The van der Waals surface area contributed by atoms with Gasteiger partial charge < -0.3 is 14.6 Å². The molecule has 0 saturated heterocycles. The monoisotopic (exact) mass is 236 g/mol. The third-order valence-corrected chi connectivity index (χ3v) is 2.11. The molecule has 1 heterocycles. The fourth-order valence-corrected chi connectivity index (χ4v) is 1.30. The van der Waals surface area contributed by atoms with Crippen molar-refractivity contribution in [3.8, 4) is 0 Å². The second-order valence-electron chi connectivity index (χ2n) is 3.43. The lowest BCUT2D eigenvalue weighted by atomic mass is 10.4. The number of hydrogen-bond donors (Lipinski definition) is 1. The number of nitrogens with zero attached hydrogens (tertiary/aromatic N) is 1. The topological polar surface area (TPSA) is 60.3 Å². The van der Waals surface area contributed by atoms with E-state index < -0.39 is 0 Å². The van der Waals surface area contributed by atoms with Crippen molar-refractivity contribution in [2.75, 3.05) is 19.0 Å². The Bertz CT molecular complexity index is 463. The summed E-state index contributed by atoms with van der Waals surface area (Å²) in [5, 5.41) is 2.66. The Morgan fingerprint density at radius 1 is 1.53 bits per heavy atom. The third kappa shape index (κ3) is 4.24. The summed E-state index contributed by atoms with van der Waals surface area (Å²) in [5.41, 5.74) is 0.467. The largest absolute Gasteiger partial charge is 0.383 e. The minimum absolute atomic E-state index is 0.119. The van der Waals surface area contributed by atoms with Crippen LogP contribution in [0.5, 0.6) is 0 Å². The number of hydrogen-bond acceptors (Lipinski definition) is 3. The predicted octanol–water partition coefficient (Wildman–Crippen LogP) is 1.01. The number of allylic oxidation sites excluding steroid dienone is 1. The minimum atomic E-state index is -0.218. The van der Waals surface area contributed by atoms with Crippen LogP contribution in [0.4, 0.5) is 5.69 Å². The van der Waals surface area contributed by atoms with E-state index in [0.29, 0.717) is 18.8 Å². The molecule has 0 aliphatic carbocycles. The Hall–Kier alpha value is -1.88. The van der Waals surface area contributed by atoms with E-state index in [-0.39, 0.29) is 11.5 Å². The van der Waals surface area contributed by atoms with E-state index in [2.05, 4.69) is 5.32 Å². The van der Waals surface area contributed by atoms with Crippen molar-refractivity contribution < 1.29 is 9.53 Å². The van der Waals surface area contributed by atoms with Crippen LogP contribution in [0.25, 0.3) is 0 Å². The molecule has 1 rings (SSSR count). The molecule has 92 valence electrons. The van der Waals surface area contributed by atoms with Gasteiger partial charge in [0.2, 0.25) is 5.91 Å². The van der Waals surface area contributed by atoms with Crippen molar-refractivity contribution in [3.05, 3.63) is 40.8 Å². The van der Waals surface area contributed by atoms with Crippen molar-refractivity contribution >= 4 is 11.6 Å². The van der Waals surface area contributed by atoms with Crippen LogP contribution in [0.3, 0.4) is 0 Å². The Balaban J connectivity index is 2.81. The van der Waals surface area contributed by atoms with E-state index in [1.54, 1.807) is 32.4 Å². The maximum Gasteiger partial charge on any atom is 0.250 e.